The van der Waals surface area contributed by atoms with Gasteiger partial charge >= 0.3 is 0 Å². The minimum Gasteiger partial charge on any atom is -0.455 e. The van der Waals surface area contributed by atoms with Crippen molar-refractivity contribution in [1.29, 1.82) is 0 Å². The van der Waals surface area contributed by atoms with Gasteiger partial charge in [-0.2, -0.15) is 0 Å². The molecule has 46 heavy (non-hydrogen) atoms. The maximum atomic E-state index is 6.29. The average Bonchev–Trinajstić information content (AvgIpc) is 3.51. The number of furan rings is 1. The van der Waals surface area contributed by atoms with Crippen molar-refractivity contribution in [3.05, 3.63) is 162 Å². The summed E-state index contributed by atoms with van der Waals surface area (Å²) in [7, 11) is 0. The molecular weight excluding hydrogens is 583 g/mol. The largest absolute Gasteiger partial charge is 0.455 e. The van der Waals surface area contributed by atoms with E-state index in [1.807, 2.05) is 72.8 Å². The maximum absolute atomic E-state index is 6.29. The second-order valence-corrected chi connectivity index (χ2v) is 11.7. The summed E-state index contributed by atoms with van der Waals surface area (Å²) < 4.78 is 6.29. The Morgan fingerprint density at radius 2 is 1.26 bits per heavy atom. The molecule has 6 aromatic carbocycles. The maximum Gasteiger partial charge on any atom is 0.161 e. The van der Waals surface area contributed by atoms with E-state index in [2.05, 4.69) is 90.8 Å². The Hall–Kier alpha value is -5.52. The monoisotopic (exact) mass is 613 g/mol. The van der Waals surface area contributed by atoms with Crippen LogP contribution in [0.5, 0.6) is 0 Å². The van der Waals surface area contributed by atoms with Gasteiger partial charge in [0, 0.05) is 32.4 Å². The Morgan fingerprint density at radius 1 is 0.630 bits per heavy atom. The van der Waals surface area contributed by atoms with Gasteiger partial charge in [-0.3, -0.25) is 4.99 Å². The van der Waals surface area contributed by atoms with Gasteiger partial charge in [-0.25, -0.2) is 9.98 Å². The molecule has 0 atom stereocenters. The van der Waals surface area contributed by atoms with E-state index in [1.54, 1.807) is 11.8 Å². The number of para-hydroxylation sites is 2. The summed E-state index contributed by atoms with van der Waals surface area (Å²) in [5, 5.41) is 2.28. The van der Waals surface area contributed by atoms with Crippen LogP contribution in [0.2, 0.25) is 0 Å². The normalized spacial score (nSPS) is 12.1. The van der Waals surface area contributed by atoms with Crippen LogP contribution in [0.1, 0.15) is 16.7 Å². The van der Waals surface area contributed by atoms with Crippen LogP contribution in [-0.2, 0) is 6.54 Å². The third kappa shape index (κ3) is 5.93. The van der Waals surface area contributed by atoms with Gasteiger partial charge in [-0.1, -0.05) is 133 Å². The molecule has 0 bridgehead atoms. The van der Waals surface area contributed by atoms with Crippen LogP contribution in [0, 0.1) is 0 Å². The number of amidine groups is 2. The van der Waals surface area contributed by atoms with E-state index in [0.717, 1.165) is 49.8 Å². The highest BCUT2D eigenvalue weighted by Gasteiger charge is 2.13. The molecule has 1 heterocycles. The Morgan fingerprint density at radius 3 is 1.96 bits per heavy atom. The summed E-state index contributed by atoms with van der Waals surface area (Å²) in [5.74, 6) is 1.17. The van der Waals surface area contributed by atoms with Crippen molar-refractivity contribution in [1.82, 2.24) is 0 Å². The zero-order valence-corrected chi connectivity index (χ0v) is 26.2. The molecule has 5 heteroatoms. The van der Waals surface area contributed by atoms with E-state index in [1.165, 1.54) is 16.0 Å². The van der Waals surface area contributed by atoms with Crippen LogP contribution in [0.15, 0.2) is 170 Å². The lowest BCUT2D eigenvalue weighted by molar-refractivity contribution is 0.670. The van der Waals surface area contributed by atoms with Crippen molar-refractivity contribution in [3.8, 4) is 22.3 Å². The summed E-state index contributed by atoms with van der Waals surface area (Å²) in [6, 6.07) is 49.8. The lowest BCUT2D eigenvalue weighted by Crippen LogP contribution is -2.05. The number of thioether (sulfide) groups is 1. The van der Waals surface area contributed by atoms with Gasteiger partial charge in [-0.15, -0.1) is 11.8 Å². The lowest BCUT2D eigenvalue weighted by atomic mass is 9.98. The molecule has 0 radical (unpaired) electrons. The fraction of sp³-hybridized carbons (Fsp3) is 0.0488. The van der Waals surface area contributed by atoms with Gasteiger partial charge in [-0.05, 0) is 47.4 Å². The molecule has 0 aliphatic rings. The summed E-state index contributed by atoms with van der Waals surface area (Å²) in [6.07, 6.45) is 2.12. The van der Waals surface area contributed by atoms with Crippen molar-refractivity contribution >= 4 is 52.1 Å². The van der Waals surface area contributed by atoms with E-state index in [9.17, 15) is 0 Å². The van der Waals surface area contributed by atoms with Crippen molar-refractivity contribution in [3.63, 3.8) is 0 Å². The van der Waals surface area contributed by atoms with E-state index in [4.69, 9.17) is 14.4 Å². The predicted octanol–water partition coefficient (Wildman–Crippen LogP) is 10.7. The average molecular weight is 614 g/mol. The van der Waals surface area contributed by atoms with Gasteiger partial charge in [0.1, 0.15) is 11.2 Å². The Labute approximate surface area is 272 Å². The predicted molar refractivity (Wildman–Crippen MR) is 196 cm³/mol. The first-order valence-corrected chi connectivity index (χ1v) is 16.3. The van der Waals surface area contributed by atoms with E-state index in [-0.39, 0.29) is 0 Å². The molecule has 0 aliphatic heterocycles. The summed E-state index contributed by atoms with van der Waals surface area (Å²) in [4.78, 5) is 15.2. The molecule has 0 spiro atoms. The molecule has 7 aromatic rings. The third-order valence-electron chi connectivity index (χ3n) is 8.01. The highest BCUT2D eigenvalue weighted by atomic mass is 32.2. The second-order valence-electron chi connectivity index (χ2n) is 10.9. The summed E-state index contributed by atoms with van der Waals surface area (Å²) >= 11 is 1.74. The van der Waals surface area contributed by atoms with Crippen LogP contribution in [0.25, 0.3) is 44.2 Å². The number of fused-ring (bicyclic) bond motifs is 3. The fourth-order valence-corrected chi connectivity index (χ4v) is 6.37. The topological polar surface area (TPSA) is 50.2 Å². The molecule has 0 N–H and O–H groups in total. The molecule has 0 saturated carbocycles. The molecule has 0 aliphatic carbocycles. The molecule has 7 rings (SSSR count). The van der Waals surface area contributed by atoms with Crippen LogP contribution in [-0.4, -0.2) is 24.6 Å². The van der Waals surface area contributed by atoms with Crippen LogP contribution in [0.4, 0.5) is 0 Å². The van der Waals surface area contributed by atoms with Crippen molar-refractivity contribution < 1.29 is 4.42 Å². The van der Waals surface area contributed by atoms with E-state index < -0.39 is 0 Å². The molecule has 0 saturated heterocycles. The van der Waals surface area contributed by atoms with Crippen molar-refractivity contribution in [2.24, 2.45) is 15.0 Å². The SMILES string of the molecule is C=N/C(=N\C(=N/Cc1ccc(-c2ccc(-c3cccc4c3oc3ccccc34)cc2)c(SC)c1)c1ccccc1)c1ccccc1. The first-order valence-electron chi connectivity index (χ1n) is 15.1. The number of hydrogen-bond acceptors (Lipinski definition) is 3. The Bertz CT molecular complexity index is 2220. The number of nitrogens with zero attached hydrogens (tertiary/aromatic N) is 3. The highest BCUT2D eigenvalue weighted by molar-refractivity contribution is 7.98. The zero-order valence-electron chi connectivity index (χ0n) is 25.4. The third-order valence-corrected chi connectivity index (χ3v) is 8.79. The van der Waals surface area contributed by atoms with E-state index >= 15 is 0 Å². The molecular formula is C41H31N3OS. The minimum absolute atomic E-state index is 0.487. The number of rotatable bonds is 7. The number of hydrogen-bond donors (Lipinski definition) is 0. The second kappa shape index (κ2) is 13.2. The van der Waals surface area contributed by atoms with Gasteiger partial charge in [0.05, 0.1) is 6.54 Å². The van der Waals surface area contributed by atoms with Crippen molar-refractivity contribution in [2.75, 3.05) is 6.26 Å². The summed E-state index contributed by atoms with van der Waals surface area (Å²) in [6.45, 7) is 4.25. The van der Waals surface area contributed by atoms with Gasteiger partial charge in [0.15, 0.2) is 11.7 Å². The standard InChI is InChI=1S/C41H31N3OS/c1-42-40(31-12-5-3-6-13-31)44-41(32-14-7-4-8-15-32)43-27-28-20-25-33(38(26-28)46-2)29-21-23-30(24-22-29)34-17-11-18-36-35-16-9-10-19-37(35)45-39(34)36/h3-26H,1,27H2,2H3/b43-41-,44-40-. The van der Waals surface area contributed by atoms with Crippen LogP contribution >= 0.6 is 11.8 Å². The molecule has 0 fully saturated rings. The highest BCUT2D eigenvalue weighted by Crippen LogP contribution is 2.37. The molecule has 0 unspecified atom stereocenters. The van der Waals surface area contributed by atoms with Gasteiger partial charge in [0.25, 0.3) is 0 Å². The lowest BCUT2D eigenvalue weighted by Gasteiger charge is -2.11. The van der Waals surface area contributed by atoms with Crippen molar-refractivity contribution in [2.45, 2.75) is 11.4 Å². The Kier molecular flexibility index (Phi) is 8.40. The number of benzene rings is 6. The number of aliphatic imine (C=N–C) groups is 3. The van der Waals surface area contributed by atoms with E-state index in [0.29, 0.717) is 18.2 Å². The summed E-state index contributed by atoms with van der Waals surface area (Å²) in [5.41, 5.74) is 9.35. The zero-order chi connectivity index (χ0) is 31.3. The van der Waals surface area contributed by atoms with Crippen LogP contribution < -0.4 is 0 Å². The smallest absolute Gasteiger partial charge is 0.161 e. The fourth-order valence-electron chi connectivity index (χ4n) is 5.70. The molecule has 0 amide bonds. The molecule has 4 nitrogen and oxygen atoms in total. The quantitative estimate of drug-likeness (QED) is 0.102. The first kappa shape index (κ1) is 29.2. The molecule has 222 valence electrons. The minimum atomic E-state index is 0.487. The molecule has 1 aromatic heterocycles. The first-order chi connectivity index (χ1) is 22.7. The van der Waals surface area contributed by atoms with Crippen LogP contribution in [0.3, 0.4) is 0 Å². The van der Waals surface area contributed by atoms with Gasteiger partial charge < -0.3 is 4.42 Å². The van der Waals surface area contributed by atoms with Gasteiger partial charge in [0.2, 0.25) is 0 Å². The Balaban J connectivity index is 1.18.